The topological polar surface area (TPSA) is 18.5 Å². The first-order chi connectivity index (χ1) is 8.86. The van der Waals surface area contributed by atoms with Gasteiger partial charge >= 0.3 is 0 Å². The number of nitrogens with zero attached hydrogens (tertiary/aromatic N) is 2. The van der Waals surface area contributed by atoms with E-state index in [1.165, 1.54) is 71.2 Å². The van der Waals surface area contributed by atoms with E-state index in [2.05, 4.69) is 22.0 Å². The zero-order chi connectivity index (χ0) is 12.4. The highest BCUT2D eigenvalue weighted by Gasteiger charge is 2.36. The molecule has 3 aliphatic rings. The van der Waals surface area contributed by atoms with Crippen LogP contribution < -0.4 is 5.32 Å². The Hall–Kier alpha value is -0.120. The van der Waals surface area contributed by atoms with Crippen molar-refractivity contribution in [1.29, 1.82) is 0 Å². The largest absolute Gasteiger partial charge is 0.310 e. The molecule has 3 heterocycles. The molecule has 2 unspecified atom stereocenters. The third kappa shape index (κ3) is 2.73. The first-order valence-corrected chi connectivity index (χ1v) is 8.09. The van der Waals surface area contributed by atoms with Crippen LogP contribution in [0, 0.1) is 0 Å². The van der Waals surface area contributed by atoms with Gasteiger partial charge in [-0.05, 0) is 58.3 Å². The fourth-order valence-electron chi connectivity index (χ4n) is 4.16. The summed E-state index contributed by atoms with van der Waals surface area (Å²) in [6.45, 7) is 8.81. The lowest BCUT2D eigenvalue weighted by molar-refractivity contribution is 0.159. The number of rotatable bonds is 3. The quantitative estimate of drug-likeness (QED) is 0.823. The van der Waals surface area contributed by atoms with Gasteiger partial charge in [-0.25, -0.2) is 0 Å². The molecule has 1 N–H and O–H groups in total. The standard InChI is InChI=1S/C15H29N3/c1-2-17-10-6-13(7-11-17)16-14-8-12-18-9-4-3-5-15(14)18/h13-16H,2-12H2,1H3. The Balaban J connectivity index is 1.48. The van der Waals surface area contributed by atoms with Gasteiger partial charge in [0.05, 0.1) is 0 Å². The molecular weight excluding hydrogens is 222 g/mol. The highest BCUT2D eigenvalue weighted by Crippen LogP contribution is 2.28. The van der Waals surface area contributed by atoms with E-state index < -0.39 is 0 Å². The number of likely N-dealkylation sites (tertiary alicyclic amines) is 1. The van der Waals surface area contributed by atoms with Crippen molar-refractivity contribution in [3.05, 3.63) is 0 Å². The second-order valence-electron chi connectivity index (χ2n) is 6.37. The van der Waals surface area contributed by atoms with E-state index in [4.69, 9.17) is 0 Å². The molecule has 2 atom stereocenters. The van der Waals surface area contributed by atoms with E-state index in [1.807, 2.05) is 0 Å². The normalized spacial score (nSPS) is 35.8. The molecule has 3 rings (SSSR count). The van der Waals surface area contributed by atoms with Crippen LogP contribution in [-0.4, -0.2) is 60.6 Å². The van der Waals surface area contributed by atoms with Crippen LogP contribution in [0.15, 0.2) is 0 Å². The first-order valence-electron chi connectivity index (χ1n) is 8.09. The van der Waals surface area contributed by atoms with Crippen molar-refractivity contribution in [2.45, 2.75) is 63.6 Å². The van der Waals surface area contributed by atoms with Gasteiger partial charge in [0.25, 0.3) is 0 Å². The van der Waals surface area contributed by atoms with Crippen LogP contribution in [0.25, 0.3) is 0 Å². The van der Waals surface area contributed by atoms with Crippen molar-refractivity contribution >= 4 is 0 Å². The molecule has 0 aromatic carbocycles. The summed E-state index contributed by atoms with van der Waals surface area (Å²) in [6.07, 6.45) is 8.42. The Kier molecular flexibility index (Phi) is 4.22. The van der Waals surface area contributed by atoms with Crippen molar-refractivity contribution in [2.75, 3.05) is 32.7 Å². The van der Waals surface area contributed by atoms with E-state index >= 15 is 0 Å². The Morgan fingerprint density at radius 2 is 1.78 bits per heavy atom. The van der Waals surface area contributed by atoms with E-state index in [-0.39, 0.29) is 0 Å². The number of nitrogens with one attached hydrogen (secondary N) is 1. The van der Waals surface area contributed by atoms with Crippen molar-refractivity contribution in [3.8, 4) is 0 Å². The predicted octanol–water partition coefficient (Wildman–Crippen LogP) is 1.69. The second-order valence-corrected chi connectivity index (χ2v) is 6.37. The van der Waals surface area contributed by atoms with E-state index in [9.17, 15) is 0 Å². The first kappa shape index (κ1) is 12.9. The maximum atomic E-state index is 3.99. The summed E-state index contributed by atoms with van der Waals surface area (Å²) in [5.41, 5.74) is 0. The average molecular weight is 251 g/mol. The minimum atomic E-state index is 0.791. The molecule has 0 spiro atoms. The molecule has 3 saturated heterocycles. The van der Waals surface area contributed by atoms with E-state index in [1.54, 1.807) is 0 Å². The van der Waals surface area contributed by atoms with Crippen LogP contribution in [0.5, 0.6) is 0 Å². The summed E-state index contributed by atoms with van der Waals surface area (Å²) in [5.74, 6) is 0. The highest BCUT2D eigenvalue weighted by molar-refractivity contribution is 4.95. The predicted molar refractivity (Wildman–Crippen MR) is 75.9 cm³/mol. The molecule has 3 fully saturated rings. The third-order valence-corrected chi connectivity index (χ3v) is 5.34. The van der Waals surface area contributed by atoms with Gasteiger partial charge in [0.2, 0.25) is 0 Å². The van der Waals surface area contributed by atoms with Crippen molar-refractivity contribution < 1.29 is 0 Å². The number of hydrogen-bond donors (Lipinski definition) is 1. The van der Waals surface area contributed by atoms with Crippen LogP contribution in [0.3, 0.4) is 0 Å². The lowest BCUT2D eigenvalue weighted by atomic mass is 9.96. The fourth-order valence-corrected chi connectivity index (χ4v) is 4.16. The molecule has 18 heavy (non-hydrogen) atoms. The summed E-state index contributed by atoms with van der Waals surface area (Å²) in [6, 6.07) is 2.45. The van der Waals surface area contributed by atoms with Gasteiger partial charge in [-0.2, -0.15) is 0 Å². The molecule has 3 nitrogen and oxygen atoms in total. The molecule has 0 amide bonds. The Bertz CT molecular complexity index is 260. The van der Waals surface area contributed by atoms with Gasteiger partial charge in [0.15, 0.2) is 0 Å². The number of fused-ring (bicyclic) bond motifs is 1. The van der Waals surface area contributed by atoms with Crippen molar-refractivity contribution in [3.63, 3.8) is 0 Å². The number of hydrogen-bond acceptors (Lipinski definition) is 3. The van der Waals surface area contributed by atoms with Gasteiger partial charge in [0, 0.05) is 24.7 Å². The number of piperidine rings is 2. The van der Waals surface area contributed by atoms with Gasteiger partial charge in [-0.3, -0.25) is 4.90 Å². The molecule has 0 bridgehead atoms. The maximum absolute atomic E-state index is 3.99. The lowest BCUT2D eigenvalue weighted by Crippen LogP contribution is -2.51. The van der Waals surface area contributed by atoms with Gasteiger partial charge in [0.1, 0.15) is 0 Å². The average Bonchev–Trinajstić information content (AvgIpc) is 2.83. The van der Waals surface area contributed by atoms with Gasteiger partial charge in [-0.1, -0.05) is 13.3 Å². The maximum Gasteiger partial charge on any atom is 0.0249 e. The van der Waals surface area contributed by atoms with Gasteiger partial charge < -0.3 is 10.2 Å². The minimum absolute atomic E-state index is 0.791. The SMILES string of the molecule is CCN1CCC(NC2CCN3CCCCC23)CC1. The summed E-state index contributed by atoms with van der Waals surface area (Å²) in [7, 11) is 0. The Labute approximate surface area is 112 Å². The van der Waals surface area contributed by atoms with Crippen molar-refractivity contribution in [2.24, 2.45) is 0 Å². The van der Waals surface area contributed by atoms with Crippen molar-refractivity contribution in [1.82, 2.24) is 15.1 Å². The molecule has 104 valence electrons. The highest BCUT2D eigenvalue weighted by atomic mass is 15.2. The molecular formula is C15H29N3. The Morgan fingerprint density at radius 1 is 0.944 bits per heavy atom. The molecule has 0 aromatic rings. The zero-order valence-corrected chi connectivity index (χ0v) is 11.9. The zero-order valence-electron chi connectivity index (χ0n) is 11.9. The third-order valence-electron chi connectivity index (χ3n) is 5.34. The minimum Gasteiger partial charge on any atom is -0.310 e. The van der Waals surface area contributed by atoms with Crippen LogP contribution in [0.4, 0.5) is 0 Å². The summed E-state index contributed by atoms with van der Waals surface area (Å²) >= 11 is 0. The molecule has 0 saturated carbocycles. The summed E-state index contributed by atoms with van der Waals surface area (Å²) < 4.78 is 0. The molecule has 3 heteroatoms. The molecule has 0 aromatic heterocycles. The summed E-state index contributed by atoms with van der Waals surface area (Å²) in [4.78, 5) is 5.32. The van der Waals surface area contributed by atoms with E-state index in [0.717, 1.165) is 18.1 Å². The molecule has 3 aliphatic heterocycles. The van der Waals surface area contributed by atoms with Crippen LogP contribution >= 0.6 is 0 Å². The molecule has 0 aliphatic carbocycles. The van der Waals surface area contributed by atoms with E-state index in [0.29, 0.717) is 0 Å². The smallest absolute Gasteiger partial charge is 0.0249 e. The molecule has 0 radical (unpaired) electrons. The fraction of sp³-hybridized carbons (Fsp3) is 1.00. The van der Waals surface area contributed by atoms with Crippen LogP contribution in [-0.2, 0) is 0 Å². The Morgan fingerprint density at radius 3 is 2.56 bits per heavy atom. The second kappa shape index (κ2) is 5.89. The monoisotopic (exact) mass is 251 g/mol. The van der Waals surface area contributed by atoms with Crippen LogP contribution in [0.2, 0.25) is 0 Å². The van der Waals surface area contributed by atoms with Gasteiger partial charge in [-0.15, -0.1) is 0 Å². The van der Waals surface area contributed by atoms with Crippen LogP contribution in [0.1, 0.15) is 45.4 Å². The lowest BCUT2D eigenvalue weighted by Gasteiger charge is -2.37. The summed E-state index contributed by atoms with van der Waals surface area (Å²) in [5, 5.41) is 3.99.